The van der Waals surface area contributed by atoms with Crippen LogP contribution in [0.2, 0.25) is 0 Å². The Bertz CT molecular complexity index is 478. The normalized spacial score (nSPS) is 10.2. The van der Waals surface area contributed by atoms with Crippen molar-refractivity contribution in [3.05, 3.63) is 17.5 Å². The van der Waals surface area contributed by atoms with E-state index in [-0.39, 0.29) is 11.3 Å². The molecule has 1 rings (SSSR count). The average molecular weight is 247 g/mol. The second-order valence-corrected chi connectivity index (χ2v) is 4.17. The van der Waals surface area contributed by atoms with Gasteiger partial charge >= 0.3 is 0 Å². The standard InChI is InChI=1S/C12H17N5O/c1-5-10-9(11(13)18)8-14-12(15-10)17(4)7-6-16(2)3/h1,8H,6-7H2,2-4H3,(H2,13,18). The Morgan fingerprint density at radius 2 is 2.11 bits per heavy atom. The van der Waals surface area contributed by atoms with E-state index in [2.05, 4.69) is 20.8 Å². The van der Waals surface area contributed by atoms with Crippen molar-refractivity contribution in [3.63, 3.8) is 0 Å². The lowest BCUT2D eigenvalue weighted by atomic mass is 10.2. The first-order chi connectivity index (χ1) is 8.45. The fourth-order valence-corrected chi connectivity index (χ4v) is 1.30. The predicted octanol–water partition coefficient (Wildman–Crippen LogP) is -0.445. The molecule has 6 nitrogen and oxygen atoms in total. The number of primary amides is 1. The van der Waals surface area contributed by atoms with Crippen LogP contribution in [0.1, 0.15) is 16.1 Å². The largest absolute Gasteiger partial charge is 0.365 e. The summed E-state index contributed by atoms with van der Waals surface area (Å²) in [6.45, 7) is 1.62. The molecular weight excluding hydrogens is 230 g/mol. The van der Waals surface area contributed by atoms with E-state index in [9.17, 15) is 4.79 Å². The summed E-state index contributed by atoms with van der Waals surface area (Å²) in [5, 5.41) is 0. The Labute approximate surface area is 107 Å². The number of carbonyl (C=O) groups excluding carboxylic acids is 1. The highest BCUT2D eigenvalue weighted by Gasteiger charge is 2.12. The van der Waals surface area contributed by atoms with Crippen molar-refractivity contribution in [2.75, 3.05) is 39.1 Å². The first-order valence-corrected chi connectivity index (χ1v) is 5.45. The summed E-state index contributed by atoms with van der Waals surface area (Å²) in [6, 6.07) is 0. The van der Waals surface area contributed by atoms with E-state index in [0.717, 1.165) is 13.1 Å². The number of terminal acetylenes is 1. The van der Waals surface area contributed by atoms with Gasteiger partial charge in [0, 0.05) is 26.3 Å². The van der Waals surface area contributed by atoms with E-state index >= 15 is 0 Å². The number of carbonyl (C=O) groups is 1. The number of likely N-dealkylation sites (N-methyl/N-ethyl adjacent to an activating group) is 2. The Balaban J connectivity index is 2.92. The average Bonchev–Trinajstić information content (AvgIpc) is 2.34. The molecule has 0 atom stereocenters. The Kier molecular flexibility index (Phi) is 4.63. The lowest BCUT2D eigenvalue weighted by molar-refractivity contribution is 0.0999. The molecule has 1 heterocycles. The number of amides is 1. The molecule has 0 saturated carbocycles. The number of rotatable bonds is 5. The summed E-state index contributed by atoms with van der Waals surface area (Å²) < 4.78 is 0. The highest BCUT2D eigenvalue weighted by molar-refractivity contribution is 5.94. The van der Waals surface area contributed by atoms with Gasteiger partial charge in [0.2, 0.25) is 5.95 Å². The van der Waals surface area contributed by atoms with Crippen LogP contribution in [0.5, 0.6) is 0 Å². The van der Waals surface area contributed by atoms with E-state index < -0.39 is 5.91 Å². The lowest BCUT2D eigenvalue weighted by Crippen LogP contribution is -2.30. The van der Waals surface area contributed by atoms with Crippen LogP contribution >= 0.6 is 0 Å². The SMILES string of the molecule is C#Cc1nc(N(C)CCN(C)C)ncc1C(N)=O. The van der Waals surface area contributed by atoms with Gasteiger partial charge in [0.05, 0.1) is 5.56 Å². The predicted molar refractivity (Wildman–Crippen MR) is 70.3 cm³/mol. The van der Waals surface area contributed by atoms with Crippen LogP contribution in [0.4, 0.5) is 5.95 Å². The zero-order chi connectivity index (χ0) is 13.7. The molecule has 0 unspecified atom stereocenters. The van der Waals surface area contributed by atoms with Gasteiger partial charge in [-0.3, -0.25) is 4.79 Å². The molecule has 0 bridgehead atoms. The molecule has 0 aliphatic heterocycles. The molecular formula is C12H17N5O. The van der Waals surface area contributed by atoms with E-state index in [1.165, 1.54) is 6.20 Å². The van der Waals surface area contributed by atoms with Gasteiger partial charge in [0.25, 0.3) is 5.91 Å². The number of hydrogen-bond acceptors (Lipinski definition) is 5. The second kappa shape index (κ2) is 5.98. The summed E-state index contributed by atoms with van der Waals surface area (Å²) in [6.07, 6.45) is 6.67. The fourth-order valence-electron chi connectivity index (χ4n) is 1.30. The summed E-state index contributed by atoms with van der Waals surface area (Å²) in [5.74, 6) is 2.21. The summed E-state index contributed by atoms with van der Waals surface area (Å²) in [4.78, 5) is 23.3. The summed E-state index contributed by atoms with van der Waals surface area (Å²) in [7, 11) is 5.83. The number of nitrogens with zero attached hydrogens (tertiary/aromatic N) is 4. The third kappa shape index (κ3) is 3.43. The van der Waals surface area contributed by atoms with Crippen molar-refractivity contribution in [2.45, 2.75) is 0 Å². The number of anilines is 1. The van der Waals surface area contributed by atoms with E-state index in [0.29, 0.717) is 5.95 Å². The minimum Gasteiger partial charge on any atom is -0.365 e. The molecule has 1 aromatic rings. The molecule has 96 valence electrons. The maximum atomic E-state index is 11.1. The molecule has 0 saturated heterocycles. The Hall–Kier alpha value is -2.13. The Morgan fingerprint density at radius 1 is 1.44 bits per heavy atom. The second-order valence-electron chi connectivity index (χ2n) is 4.17. The van der Waals surface area contributed by atoms with Crippen LogP contribution in [-0.2, 0) is 0 Å². The molecule has 0 aliphatic rings. The molecule has 0 fully saturated rings. The van der Waals surface area contributed by atoms with Crippen LogP contribution in [0.15, 0.2) is 6.20 Å². The lowest BCUT2D eigenvalue weighted by Gasteiger charge is -2.19. The van der Waals surface area contributed by atoms with Crippen molar-refractivity contribution < 1.29 is 4.79 Å². The van der Waals surface area contributed by atoms with Crippen LogP contribution in [0.3, 0.4) is 0 Å². The van der Waals surface area contributed by atoms with E-state index in [4.69, 9.17) is 12.2 Å². The van der Waals surface area contributed by atoms with Gasteiger partial charge in [-0.15, -0.1) is 6.42 Å². The topological polar surface area (TPSA) is 75.3 Å². The van der Waals surface area contributed by atoms with Gasteiger partial charge in [-0.05, 0) is 20.0 Å². The highest BCUT2D eigenvalue weighted by atomic mass is 16.1. The number of hydrogen-bond donors (Lipinski definition) is 1. The molecule has 6 heteroatoms. The molecule has 0 spiro atoms. The molecule has 0 aliphatic carbocycles. The monoisotopic (exact) mass is 247 g/mol. The molecule has 0 aromatic carbocycles. The van der Waals surface area contributed by atoms with E-state index in [1.54, 1.807) is 0 Å². The Morgan fingerprint density at radius 3 is 2.61 bits per heavy atom. The van der Waals surface area contributed by atoms with E-state index in [1.807, 2.05) is 26.0 Å². The summed E-state index contributed by atoms with van der Waals surface area (Å²) >= 11 is 0. The minimum atomic E-state index is -0.620. The fraction of sp³-hybridized carbons (Fsp3) is 0.417. The van der Waals surface area contributed by atoms with Crippen molar-refractivity contribution in [3.8, 4) is 12.3 Å². The van der Waals surface area contributed by atoms with Crippen molar-refractivity contribution in [1.29, 1.82) is 0 Å². The first-order valence-electron chi connectivity index (χ1n) is 5.45. The molecule has 1 aromatic heterocycles. The molecule has 2 N–H and O–H groups in total. The van der Waals surface area contributed by atoms with Crippen molar-refractivity contribution in [2.24, 2.45) is 5.73 Å². The third-order valence-electron chi connectivity index (χ3n) is 2.40. The molecule has 0 radical (unpaired) electrons. The van der Waals surface area contributed by atoms with Crippen molar-refractivity contribution in [1.82, 2.24) is 14.9 Å². The minimum absolute atomic E-state index is 0.169. The van der Waals surface area contributed by atoms with Gasteiger partial charge in [0.1, 0.15) is 5.69 Å². The summed E-state index contributed by atoms with van der Waals surface area (Å²) in [5.41, 5.74) is 5.57. The van der Waals surface area contributed by atoms with Crippen molar-refractivity contribution >= 4 is 11.9 Å². The highest BCUT2D eigenvalue weighted by Crippen LogP contribution is 2.09. The van der Waals surface area contributed by atoms with Gasteiger partial charge in [0.15, 0.2) is 0 Å². The quantitative estimate of drug-likeness (QED) is 0.714. The third-order valence-corrected chi connectivity index (χ3v) is 2.40. The van der Waals surface area contributed by atoms with Gasteiger partial charge in [-0.2, -0.15) is 0 Å². The number of nitrogens with two attached hydrogens (primary N) is 1. The van der Waals surface area contributed by atoms with Gasteiger partial charge in [-0.1, -0.05) is 0 Å². The molecule has 18 heavy (non-hydrogen) atoms. The van der Waals surface area contributed by atoms with Crippen LogP contribution in [0, 0.1) is 12.3 Å². The first kappa shape index (κ1) is 13.9. The zero-order valence-electron chi connectivity index (χ0n) is 10.8. The van der Waals surface area contributed by atoms with Gasteiger partial charge < -0.3 is 15.5 Å². The maximum Gasteiger partial charge on any atom is 0.253 e. The van der Waals surface area contributed by atoms with Crippen LogP contribution in [0.25, 0.3) is 0 Å². The smallest absolute Gasteiger partial charge is 0.253 e. The van der Waals surface area contributed by atoms with Gasteiger partial charge in [-0.25, -0.2) is 9.97 Å². The number of aromatic nitrogens is 2. The van der Waals surface area contributed by atoms with Crippen LogP contribution < -0.4 is 10.6 Å². The zero-order valence-corrected chi connectivity index (χ0v) is 10.8. The van der Waals surface area contributed by atoms with Crippen LogP contribution in [-0.4, -0.2) is 55.0 Å². The maximum absolute atomic E-state index is 11.1. The molecule has 1 amide bonds.